The second-order valence-corrected chi connectivity index (χ2v) is 11.9. The van der Waals surface area contributed by atoms with Gasteiger partial charge in [0.2, 0.25) is 27.9 Å². The molecule has 1 aromatic heterocycles. The second kappa shape index (κ2) is 13.7. The monoisotopic (exact) mass is 551 g/mol. The maximum atomic E-state index is 13.0. The fourth-order valence-corrected chi connectivity index (χ4v) is 5.83. The minimum Gasteiger partial charge on any atom is -0.354 e. The fourth-order valence-electron chi connectivity index (χ4n) is 4.76. The van der Waals surface area contributed by atoms with Crippen LogP contribution in [0.5, 0.6) is 0 Å². The van der Waals surface area contributed by atoms with Crippen LogP contribution < -0.4 is 20.3 Å². The molecule has 1 atom stereocenters. The smallest absolute Gasteiger partial charge is 0.240 e. The third-order valence-electron chi connectivity index (χ3n) is 6.89. The van der Waals surface area contributed by atoms with E-state index in [1.54, 1.807) is 12.1 Å². The SMILES string of the molecule is CCCCNc1nc(NCc2cccc(C)c2)nc(N2CCC[C@@H]2CNS(=O)(=O)c2ccc(CCC)cc2)n1. The van der Waals surface area contributed by atoms with Gasteiger partial charge in [0.1, 0.15) is 0 Å². The summed E-state index contributed by atoms with van der Waals surface area (Å²) < 4.78 is 28.8. The Kier molecular flexibility index (Phi) is 10.1. The summed E-state index contributed by atoms with van der Waals surface area (Å²) in [6, 6.07) is 15.4. The van der Waals surface area contributed by atoms with Crippen molar-refractivity contribution >= 4 is 27.9 Å². The van der Waals surface area contributed by atoms with Crippen molar-refractivity contribution in [2.24, 2.45) is 0 Å². The Balaban J connectivity index is 1.48. The number of hydrogen-bond acceptors (Lipinski definition) is 8. The highest BCUT2D eigenvalue weighted by Gasteiger charge is 2.29. The average Bonchev–Trinajstić information content (AvgIpc) is 3.41. The zero-order valence-corrected chi connectivity index (χ0v) is 24.1. The van der Waals surface area contributed by atoms with Crippen LogP contribution >= 0.6 is 0 Å². The molecule has 1 aliphatic heterocycles. The molecule has 9 nitrogen and oxygen atoms in total. The van der Waals surface area contributed by atoms with Gasteiger partial charge in [-0.05, 0) is 55.9 Å². The number of hydrogen-bond donors (Lipinski definition) is 3. The Morgan fingerprint density at radius 1 is 0.949 bits per heavy atom. The number of anilines is 3. The zero-order chi connectivity index (χ0) is 27.7. The van der Waals surface area contributed by atoms with Crippen molar-refractivity contribution in [3.8, 4) is 0 Å². The Morgan fingerprint density at radius 3 is 2.44 bits per heavy atom. The van der Waals surface area contributed by atoms with Crippen molar-refractivity contribution in [2.45, 2.75) is 76.8 Å². The van der Waals surface area contributed by atoms with Gasteiger partial charge in [0.15, 0.2) is 0 Å². The summed E-state index contributed by atoms with van der Waals surface area (Å²) >= 11 is 0. The van der Waals surface area contributed by atoms with E-state index in [-0.39, 0.29) is 17.5 Å². The molecule has 0 aliphatic carbocycles. The lowest BCUT2D eigenvalue weighted by Crippen LogP contribution is -2.41. The molecule has 0 spiro atoms. The van der Waals surface area contributed by atoms with Crippen LogP contribution in [0.3, 0.4) is 0 Å². The lowest BCUT2D eigenvalue weighted by Gasteiger charge is -2.25. The van der Waals surface area contributed by atoms with Gasteiger partial charge < -0.3 is 15.5 Å². The molecule has 1 fully saturated rings. The summed E-state index contributed by atoms with van der Waals surface area (Å²) in [5.41, 5.74) is 3.49. The van der Waals surface area contributed by atoms with Crippen LogP contribution in [0.15, 0.2) is 53.4 Å². The van der Waals surface area contributed by atoms with Gasteiger partial charge in [-0.25, -0.2) is 13.1 Å². The first-order chi connectivity index (χ1) is 18.9. The Hall–Kier alpha value is -3.24. The van der Waals surface area contributed by atoms with Crippen molar-refractivity contribution in [1.29, 1.82) is 0 Å². The average molecular weight is 552 g/mol. The van der Waals surface area contributed by atoms with Crippen LogP contribution in [0.25, 0.3) is 0 Å². The van der Waals surface area contributed by atoms with E-state index in [1.807, 2.05) is 18.2 Å². The molecule has 3 aromatic rings. The molecule has 210 valence electrons. The van der Waals surface area contributed by atoms with Gasteiger partial charge in [-0.1, -0.05) is 68.7 Å². The molecule has 2 aromatic carbocycles. The van der Waals surface area contributed by atoms with Crippen molar-refractivity contribution < 1.29 is 8.42 Å². The number of benzene rings is 2. The number of aryl methyl sites for hydroxylation is 2. The first-order valence-electron chi connectivity index (χ1n) is 14.0. The van der Waals surface area contributed by atoms with Gasteiger partial charge >= 0.3 is 0 Å². The van der Waals surface area contributed by atoms with Crippen LogP contribution in [0.2, 0.25) is 0 Å². The van der Waals surface area contributed by atoms with E-state index in [0.29, 0.717) is 24.4 Å². The highest BCUT2D eigenvalue weighted by Crippen LogP contribution is 2.25. The van der Waals surface area contributed by atoms with Crippen molar-refractivity contribution in [3.63, 3.8) is 0 Å². The van der Waals surface area contributed by atoms with Gasteiger partial charge in [-0.15, -0.1) is 0 Å². The largest absolute Gasteiger partial charge is 0.354 e. The number of nitrogens with zero attached hydrogens (tertiary/aromatic N) is 4. The third kappa shape index (κ3) is 8.12. The highest BCUT2D eigenvalue weighted by molar-refractivity contribution is 7.89. The lowest BCUT2D eigenvalue weighted by molar-refractivity contribution is 0.565. The van der Waals surface area contributed by atoms with Crippen molar-refractivity contribution in [2.75, 3.05) is 35.2 Å². The van der Waals surface area contributed by atoms with E-state index in [0.717, 1.165) is 62.7 Å². The van der Waals surface area contributed by atoms with Gasteiger partial charge in [0.05, 0.1) is 4.90 Å². The Bertz CT molecular complexity index is 1320. The predicted octanol–water partition coefficient (Wildman–Crippen LogP) is 4.90. The molecule has 0 unspecified atom stereocenters. The standard InChI is InChI=1S/C29H41N7O2S/c1-4-6-17-30-27-33-28(31-20-24-11-7-10-22(3)19-24)35-29(34-27)36-18-8-12-25(36)21-32-39(37,38)26-15-13-23(9-5-2)14-16-26/h7,10-11,13-16,19,25,32H,4-6,8-9,12,17-18,20-21H2,1-3H3,(H2,30,31,33,34,35)/t25-/m1/s1. The summed E-state index contributed by atoms with van der Waals surface area (Å²) in [6.07, 6.45) is 5.84. The van der Waals surface area contributed by atoms with E-state index in [1.165, 1.54) is 5.56 Å². The quantitative estimate of drug-likeness (QED) is 0.243. The van der Waals surface area contributed by atoms with E-state index in [9.17, 15) is 8.42 Å². The number of rotatable bonds is 14. The Labute approximate surface area is 232 Å². The van der Waals surface area contributed by atoms with Crippen LogP contribution in [0.1, 0.15) is 62.6 Å². The summed E-state index contributed by atoms with van der Waals surface area (Å²) in [6.45, 7) is 8.74. The van der Waals surface area contributed by atoms with Crippen LogP contribution in [0.4, 0.5) is 17.8 Å². The van der Waals surface area contributed by atoms with Crippen molar-refractivity contribution in [3.05, 3.63) is 65.2 Å². The first kappa shape index (κ1) is 28.8. The van der Waals surface area contributed by atoms with E-state index in [4.69, 9.17) is 9.97 Å². The topological polar surface area (TPSA) is 112 Å². The maximum Gasteiger partial charge on any atom is 0.240 e. The van der Waals surface area contributed by atoms with E-state index >= 15 is 0 Å². The molecule has 1 saturated heterocycles. The summed E-state index contributed by atoms with van der Waals surface area (Å²) in [5, 5.41) is 6.67. The van der Waals surface area contributed by atoms with E-state index < -0.39 is 10.0 Å². The molecule has 1 aliphatic rings. The number of nitrogens with one attached hydrogen (secondary N) is 3. The summed E-state index contributed by atoms with van der Waals surface area (Å²) in [5.74, 6) is 1.58. The molecule has 39 heavy (non-hydrogen) atoms. The summed E-state index contributed by atoms with van der Waals surface area (Å²) in [4.78, 5) is 16.4. The Morgan fingerprint density at radius 2 is 1.72 bits per heavy atom. The molecule has 0 amide bonds. The van der Waals surface area contributed by atoms with Crippen LogP contribution in [-0.2, 0) is 23.0 Å². The number of sulfonamides is 1. The summed E-state index contributed by atoms with van der Waals surface area (Å²) in [7, 11) is -3.61. The third-order valence-corrected chi connectivity index (χ3v) is 8.32. The first-order valence-corrected chi connectivity index (χ1v) is 15.5. The van der Waals surface area contributed by atoms with Gasteiger partial charge in [0, 0.05) is 32.2 Å². The highest BCUT2D eigenvalue weighted by atomic mass is 32.2. The minimum absolute atomic E-state index is 0.0466. The normalized spacial score (nSPS) is 15.5. The molecule has 0 radical (unpaired) electrons. The molecule has 2 heterocycles. The minimum atomic E-state index is -3.61. The fraction of sp³-hybridized carbons (Fsp3) is 0.483. The number of unbranched alkanes of at least 4 members (excludes halogenated alkanes) is 1. The van der Waals surface area contributed by atoms with Gasteiger partial charge in [-0.2, -0.15) is 15.0 Å². The molecule has 4 rings (SSSR count). The molecular weight excluding hydrogens is 510 g/mol. The molecular formula is C29H41N7O2S. The molecule has 3 N–H and O–H groups in total. The molecule has 0 saturated carbocycles. The van der Waals surface area contributed by atoms with Gasteiger partial charge in [-0.3, -0.25) is 0 Å². The second-order valence-electron chi connectivity index (χ2n) is 10.1. The van der Waals surface area contributed by atoms with E-state index in [2.05, 4.69) is 64.2 Å². The number of aromatic nitrogens is 3. The van der Waals surface area contributed by atoms with Crippen LogP contribution in [0, 0.1) is 6.92 Å². The van der Waals surface area contributed by atoms with Gasteiger partial charge in [0.25, 0.3) is 0 Å². The van der Waals surface area contributed by atoms with Crippen molar-refractivity contribution in [1.82, 2.24) is 19.7 Å². The molecule has 0 bridgehead atoms. The molecule has 10 heteroatoms. The lowest BCUT2D eigenvalue weighted by atomic mass is 10.1. The predicted molar refractivity (Wildman–Crippen MR) is 158 cm³/mol. The van der Waals surface area contributed by atoms with Crippen LogP contribution in [-0.4, -0.2) is 49.0 Å². The zero-order valence-electron chi connectivity index (χ0n) is 23.3. The maximum absolute atomic E-state index is 13.0.